The fourth-order valence-electron chi connectivity index (χ4n) is 2.83. The molecule has 0 saturated carbocycles. The van der Waals surface area contributed by atoms with E-state index in [1.54, 1.807) is 17.1 Å². The van der Waals surface area contributed by atoms with E-state index in [1.165, 1.54) is 0 Å². The van der Waals surface area contributed by atoms with E-state index in [0.717, 1.165) is 22.6 Å². The second-order valence-electron chi connectivity index (χ2n) is 8.68. The van der Waals surface area contributed by atoms with Crippen LogP contribution in [0, 0.1) is 6.92 Å². The van der Waals surface area contributed by atoms with Crippen molar-refractivity contribution >= 4 is 53.3 Å². The standard InChI is InChI=1S/C21H25B2IN5OP/c1-12-6-13(8-15(7-12)30-20(4,5)19(2,3)24)16-9-17(25)28-29(16)14-10-26-18(27-11-14)21(22,23)31/h6-11H,31H2,1-5H3,(H2,25,28). The summed E-state index contributed by atoms with van der Waals surface area (Å²) in [6, 6.07) is 7.89. The summed E-state index contributed by atoms with van der Waals surface area (Å²) in [6.07, 6.45) is 3.23. The third-order valence-electron chi connectivity index (χ3n) is 5.15. The van der Waals surface area contributed by atoms with Crippen LogP contribution in [0.4, 0.5) is 5.82 Å². The molecular weight excluding hydrogens is 518 g/mol. The monoisotopic (exact) mass is 543 g/mol. The van der Waals surface area contributed by atoms with Gasteiger partial charge in [0.1, 0.15) is 28.7 Å². The molecule has 1 aromatic carbocycles. The summed E-state index contributed by atoms with van der Waals surface area (Å²) >= 11 is 2.41. The Morgan fingerprint density at radius 3 is 2.23 bits per heavy atom. The molecule has 3 aromatic rings. The van der Waals surface area contributed by atoms with Gasteiger partial charge in [-0.3, -0.25) is 0 Å². The Balaban J connectivity index is 2.04. The van der Waals surface area contributed by atoms with E-state index < -0.39 is 4.95 Å². The minimum absolute atomic E-state index is 0.0707. The summed E-state index contributed by atoms with van der Waals surface area (Å²) in [5.74, 6) is 1.47. The number of aryl methyl sites for hydroxylation is 1. The number of rotatable bonds is 6. The zero-order chi connectivity index (χ0) is 23.2. The highest BCUT2D eigenvalue weighted by atomic mass is 127. The zero-order valence-electron chi connectivity index (χ0n) is 18.3. The Labute approximate surface area is 202 Å². The lowest BCUT2D eigenvalue weighted by Crippen LogP contribution is -2.45. The summed E-state index contributed by atoms with van der Waals surface area (Å²) in [5, 5.41) is 4.43. The van der Waals surface area contributed by atoms with Crippen LogP contribution < -0.4 is 10.5 Å². The molecule has 0 amide bonds. The average Bonchev–Trinajstić information content (AvgIpc) is 3.01. The molecule has 3 rings (SSSR count). The van der Waals surface area contributed by atoms with Crippen LogP contribution in [-0.2, 0) is 4.95 Å². The maximum Gasteiger partial charge on any atom is 0.146 e. The van der Waals surface area contributed by atoms with Crippen LogP contribution in [0.15, 0.2) is 36.7 Å². The van der Waals surface area contributed by atoms with Crippen LogP contribution in [0.3, 0.4) is 0 Å². The van der Waals surface area contributed by atoms with Crippen LogP contribution in [0.5, 0.6) is 5.75 Å². The normalized spacial score (nSPS) is 12.7. The molecule has 0 fully saturated rings. The van der Waals surface area contributed by atoms with Gasteiger partial charge in [-0.25, -0.2) is 14.6 Å². The van der Waals surface area contributed by atoms with Gasteiger partial charge in [-0.05, 0) is 63.3 Å². The van der Waals surface area contributed by atoms with Gasteiger partial charge >= 0.3 is 0 Å². The number of hydrogen-bond acceptors (Lipinski definition) is 5. The van der Waals surface area contributed by atoms with Gasteiger partial charge in [0.25, 0.3) is 0 Å². The van der Waals surface area contributed by atoms with Crippen molar-refractivity contribution in [3.05, 3.63) is 48.0 Å². The van der Waals surface area contributed by atoms with Crippen molar-refractivity contribution in [3.63, 3.8) is 0 Å². The second kappa shape index (κ2) is 8.39. The van der Waals surface area contributed by atoms with Gasteiger partial charge < -0.3 is 10.5 Å². The lowest BCUT2D eigenvalue weighted by molar-refractivity contribution is 0.0837. The smallest absolute Gasteiger partial charge is 0.146 e. The van der Waals surface area contributed by atoms with E-state index in [1.807, 2.05) is 25.1 Å². The van der Waals surface area contributed by atoms with Gasteiger partial charge in [-0.15, -0.1) is 14.3 Å². The van der Waals surface area contributed by atoms with Gasteiger partial charge in [-0.1, -0.05) is 22.6 Å². The summed E-state index contributed by atoms with van der Waals surface area (Å²) in [4.78, 5) is 7.34. The number of aromatic nitrogens is 4. The summed E-state index contributed by atoms with van der Waals surface area (Å²) in [7, 11) is 14.0. The van der Waals surface area contributed by atoms with Crippen molar-refractivity contribution in [3.8, 4) is 22.7 Å². The molecule has 0 aliphatic carbocycles. The van der Waals surface area contributed by atoms with Crippen LogP contribution in [0.25, 0.3) is 16.9 Å². The molecule has 158 valence electrons. The predicted octanol–water partition coefficient (Wildman–Crippen LogP) is 3.91. The molecule has 4 radical (unpaired) electrons. The second-order valence-corrected chi connectivity index (χ2v) is 12.3. The fraction of sp³-hybridized carbons (Fsp3) is 0.381. The van der Waals surface area contributed by atoms with E-state index in [2.05, 4.69) is 80.7 Å². The number of halogens is 1. The van der Waals surface area contributed by atoms with E-state index in [-0.39, 0.29) is 9.02 Å². The Morgan fingerprint density at radius 1 is 1.06 bits per heavy atom. The number of hydrogen-bond donors (Lipinski definition) is 1. The number of benzene rings is 1. The number of alkyl halides is 1. The summed E-state index contributed by atoms with van der Waals surface area (Å²) in [5.41, 5.74) is 9.08. The van der Waals surface area contributed by atoms with Crippen molar-refractivity contribution in [1.29, 1.82) is 0 Å². The maximum absolute atomic E-state index is 6.39. The molecule has 0 bridgehead atoms. The fourth-order valence-corrected chi connectivity index (χ4v) is 3.09. The molecule has 0 spiro atoms. The molecular formula is C21H25B2IN5OP. The SMILES string of the molecule is [B]C([B])(P)c1ncc(-n2nc(N)cc2-c2cc(C)cc(OC(C)(C)C(C)(C)I)c2)cn1. The van der Waals surface area contributed by atoms with Crippen LogP contribution in [0.1, 0.15) is 39.1 Å². The molecule has 2 N–H and O–H groups in total. The van der Waals surface area contributed by atoms with Gasteiger partial charge in [0, 0.05) is 11.6 Å². The van der Waals surface area contributed by atoms with Crippen molar-refractivity contribution in [2.45, 2.75) is 48.6 Å². The third-order valence-corrected chi connectivity index (χ3v) is 6.71. The first kappa shape index (κ1) is 24.1. The topological polar surface area (TPSA) is 78.9 Å². The first-order valence-corrected chi connectivity index (χ1v) is 11.4. The summed E-state index contributed by atoms with van der Waals surface area (Å²) in [6.45, 7) is 10.5. The Morgan fingerprint density at radius 2 is 1.68 bits per heavy atom. The van der Waals surface area contributed by atoms with E-state index in [9.17, 15) is 0 Å². The average molecular weight is 543 g/mol. The molecule has 0 saturated heterocycles. The minimum Gasteiger partial charge on any atom is -0.486 e. The molecule has 10 heteroatoms. The maximum atomic E-state index is 6.39. The van der Waals surface area contributed by atoms with Gasteiger partial charge in [0.05, 0.1) is 37.2 Å². The molecule has 0 aliphatic rings. The van der Waals surface area contributed by atoms with Gasteiger partial charge in [0.2, 0.25) is 0 Å². The van der Waals surface area contributed by atoms with Crippen molar-refractivity contribution in [2.75, 3.05) is 5.73 Å². The number of nitrogen functional groups attached to an aromatic ring is 1. The van der Waals surface area contributed by atoms with Crippen molar-refractivity contribution in [1.82, 2.24) is 19.7 Å². The first-order chi connectivity index (χ1) is 14.2. The zero-order valence-corrected chi connectivity index (χ0v) is 21.7. The predicted molar refractivity (Wildman–Crippen MR) is 139 cm³/mol. The lowest BCUT2D eigenvalue weighted by atomic mass is 9.69. The number of nitrogens with zero attached hydrogens (tertiary/aromatic N) is 4. The number of nitrogens with two attached hydrogens (primary N) is 1. The highest BCUT2D eigenvalue weighted by molar-refractivity contribution is 14.1. The Bertz CT molecular complexity index is 1090. The molecule has 1 unspecified atom stereocenters. The highest BCUT2D eigenvalue weighted by Crippen LogP contribution is 2.37. The largest absolute Gasteiger partial charge is 0.486 e. The molecule has 6 nitrogen and oxygen atoms in total. The van der Waals surface area contributed by atoms with E-state index in [4.69, 9.17) is 26.2 Å². The van der Waals surface area contributed by atoms with Crippen LogP contribution in [-0.4, -0.2) is 44.5 Å². The van der Waals surface area contributed by atoms with Crippen molar-refractivity contribution in [2.24, 2.45) is 0 Å². The molecule has 2 aromatic heterocycles. The third kappa shape index (κ3) is 5.43. The summed E-state index contributed by atoms with van der Waals surface area (Å²) < 4.78 is 8.02. The van der Waals surface area contributed by atoms with Gasteiger partial charge in [-0.2, -0.15) is 0 Å². The Kier molecular flexibility index (Phi) is 6.51. The highest BCUT2D eigenvalue weighted by Gasteiger charge is 2.37. The Hall–Kier alpha value is -1.60. The van der Waals surface area contributed by atoms with E-state index >= 15 is 0 Å². The molecule has 0 aliphatic heterocycles. The number of anilines is 1. The van der Waals surface area contributed by atoms with Crippen molar-refractivity contribution < 1.29 is 4.74 Å². The van der Waals surface area contributed by atoms with Gasteiger partial charge in [0.15, 0.2) is 0 Å². The lowest BCUT2D eigenvalue weighted by Gasteiger charge is -2.37. The molecule has 31 heavy (non-hydrogen) atoms. The first-order valence-electron chi connectivity index (χ1n) is 9.72. The molecule has 2 heterocycles. The minimum atomic E-state index is -1.20. The van der Waals surface area contributed by atoms with Crippen LogP contribution in [0.2, 0.25) is 0 Å². The quantitative estimate of drug-likeness (QED) is 0.221. The van der Waals surface area contributed by atoms with E-state index in [0.29, 0.717) is 17.3 Å². The molecule has 1 atom stereocenters. The number of ether oxygens (including phenoxy) is 1. The van der Waals surface area contributed by atoms with Crippen LogP contribution >= 0.6 is 31.8 Å².